The largest absolute Gasteiger partial charge is 0.598 e. The van der Waals surface area contributed by atoms with Crippen molar-refractivity contribution in [2.45, 2.75) is 61.4 Å². The molecule has 0 radical (unpaired) electrons. The summed E-state index contributed by atoms with van der Waals surface area (Å²) in [6, 6.07) is 12.1. The van der Waals surface area contributed by atoms with Crippen LogP contribution in [0, 0.1) is 5.92 Å². The first-order chi connectivity index (χ1) is 17.6. The molecule has 37 heavy (non-hydrogen) atoms. The van der Waals surface area contributed by atoms with Gasteiger partial charge in [0.25, 0.3) is 0 Å². The van der Waals surface area contributed by atoms with E-state index in [0.717, 1.165) is 40.0 Å². The van der Waals surface area contributed by atoms with Crippen molar-refractivity contribution >= 4 is 44.9 Å². The Hall–Kier alpha value is -2.12. The normalized spacial score (nSPS) is 20.4. The van der Waals surface area contributed by atoms with Crippen LogP contribution in [0.2, 0.25) is 0 Å². The van der Waals surface area contributed by atoms with E-state index in [1.54, 1.807) is 17.1 Å². The highest BCUT2D eigenvalue weighted by Gasteiger charge is 2.50. The number of hydrogen-bond donors (Lipinski definition) is 2. The SMILES string of the molecule is CCc1cncc(-n2ncc3ccc(-c4cccc(C(I)(N[S@+]([O-])C(C)(C)C)C5CC(O)C5)n4)cc32)n1. The minimum Gasteiger partial charge on any atom is -0.598 e. The lowest BCUT2D eigenvalue weighted by Gasteiger charge is -2.44. The van der Waals surface area contributed by atoms with Crippen molar-refractivity contribution in [1.29, 1.82) is 0 Å². The standard InChI is InChI=1S/C27H31IN6O2S/c1-5-20-15-29-16-25(31-20)34-23-11-17(9-10-18(23)14-30-34)22-7-6-8-24(32-22)27(28,19-12-21(35)13-19)33-37(36)26(2,3)4/h6-11,14-16,19,21,33,35H,5,12-13H2,1-4H3/t19?,21?,27?,37-/m1/s1. The monoisotopic (exact) mass is 630 g/mol. The van der Waals surface area contributed by atoms with Crippen LogP contribution in [0.4, 0.5) is 0 Å². The van der Waals surface area contributed by atoms with Crippen LogP contribution >= 0.6 is 22.6 Å². The second kappa shape index (κ2) is 10.2. The fourth-order valence-corrected chi connectivity index (χ4v) is 6.63. The van der Waals surface area contributed by atoms with Crippen LogP contribution in [0.1, 0.15) is 51.9 Å². The second-order valence-electron chi connectivity index (χ2n) is 10.5. The minimum absolute atomic E-state index is 0.116. The topological polar surface area (TPSA) is 112 Å². The fourth-order valence-electron chi connectivity index (χ4n) is 4.37. The molecule has 3 heterocycles. The number of benzene rings is 1. The van der Waals surface area contributed by atoms with Gasteiger partial charge in [0.1, 0.15) is 4.75 Å². The van der Waals surface area contributed by atoms with Gasteiger partial charge in [0, 0.05) is 34.4 Å². The second-order valence-corrected chi connectivity index (χ2v) is 14.1. The quantitative estimate of drug-likeness (QED) is 0.130. The fraction of sp³-hybridized carbons (Fsp3) is 0.407. The van der Waals surface area contributed by atoms with Crippen LogP contribution in [0.5, 0.6) is 0 Å². The number of halogens is 1. The number of aromatic nitrogens is 5. The first-order valence-corrected chi connectivity index (χ1v) is 14.6. The average Bonchev–Trinajstić information content (AvgIpc) is 3.29. The summed E-state index contributed by atoms with van der Waals surface area (Å²) in [5.41, 5.74) is 4.38. The van der Waals surface area contributed by atoms with E-state index in [-0.39, 0.29) is 12.0 Å². The van der Waals surface area contributed by atoms with Crippen molar-refractivity contribution in [3.63, 3.8) is 0 Å². The highest BCUT2D eigenvalue weighted by molar-refractivity contribution is 14.1. The van der Waals surface area contributed by atoms with E-state index in [1.807, 2.05) is 57.3 Å². The first kappa shape index (κ1) is 26.5. The molecule has 0 spiro atoms. The molecule has 1 aliphatic rings. The van der Waals surface area contributed by atoms with Crippen LogP contribution in [0.25, 0.3) is 28.0 Å². The summed E-state index contributed by atoms with van der Waals surface area (Å²) in [6.45, 7) is 7.90. The number of nitrogens with zero attached hydrogens (tertiary/aromatic N) is 5. The Morgan fingerprint density at radius 1 is 1.14 bits per heavy atom. The van der Waals surface area contributed by atoms with Gasteiger partial charge in [-0.05, 0) is 80.8 Å². The zero-order valence-corrected chi connectivity index (χ0v) is 24.3. The number of alkyl halides is 1. The van der Waals surface area contributed by atoms with Gasteiger partial charge in [-0.3, -0.25) is 4.98 Å². The molecule has 10 heteroatoms. The first-order valence-electron chi connectivity index (χ1n) is 12.4. The molecular weight excluding hydrogens is 599 g/mol. The molecule has 1 aromatic carbocycles. The summed E-state index contributed by atoms with van der Waals surface area (Å²) >= 11 is 1.04. The molecule has 8 nitrogen and oxygen atoms in total. The van der Waals surface area contributed by atoms with Gasteiger partial charge < -0.3 is 9.66 Å². The molecular formula is C27H31IN6O2S. The Morgan fingerprint density at radius 2 is 1.92 bits per heavy atom. The molecule has 1 saturated carbocycles. The van der Waals surface area contributed by atoms with E-state index in [4.69, 9.17) is 4.98 Å². The van der Waals surface area contributed by atoms with Gasteiger partial charge in [0.2, 0.25) is 0 Å². The Labute approximate surface area is 233 Å². The lowest BCUT2D eigenvalue weighted by Crippen LogP contribution is -2.55. The van der Waals surface area contributed by atoms with Gasteiger partial charge in [-0.15, -0.1) is 4.72 Å². The Balaban J connectivity index is 1.54. The lowest BCUT2D eigenvalue weighted by atomic mass is 9.76. The van der Waals surface area contributed by atoms with Gasteiger partial charge in [-0.1, -0.05) is 25.1 Å². The van der Waals surface area contributed by atoms with Crippen molar-refractivity contribution in [2.24, 2.45) is 5.92 Å². The van der Waals surface area contributed by atoms with E-state index in [9.17, 15) is 9.66 Å². The molecule has 0 aliphatic heterocycles. The molecule has 0 saturated heterocycles. The molecule has 194 valence electrons. The highest BCUT2D eigenvalue weighted by atomic mass is 127. The number of fused-ring (bicyclic) bond motifs is 1. The van der Waals surface area contributed by atoms with Crippen molar-refractivity contribution < 1.29 is 9.66 Å². The summed E-state index contributed by atoms with van der Waals surface area (Å²) < 4.78 is 17.2. The van der Waals surface area contributed by atoms with Crippen LogP contribution < -0.4 is 4.72 Å². The number of pyridine rings is 1. The predicted molar refractivity (Wildman–Crippen MR) is 155 cm³/mol. The maximum atomic E-state index is 13.2. The number of aliphatic hydroxyl groups excluding tert-OH is 1. The Kier molecular flexibility index (Phi) is 7.31. The van der Waals surface area contributed by atoms with Crippen LogP contribution in [-0.2, 0) is 21.3 Å². The Bertz CT molecular complexity index is 1420. The highest BCUT2D eigenvalue weighted by Crippen LogP contribution is 2.48. The number of rotatable bonds is 7. The number of nitrogens with one attached hydrogen (secondary N) is 1. The maximum absolute atomic E-state index is 13.2. The summed E-state index contributed by atoms with van der Waals surface area (Å²) in [4.78, 5) is 14.1. The van der Waals surface area contributed by atoms with Crippen LogP contribution in [-0.4, -0.2) is 45.2 Å². The van der Waals surface area contributed by atoms with E-state index >= 15 is 0 Å². The van der Waals surface area contributed by atoms with Crippen molar-refractivity contribution in [3.05, 3.63) is 66.4 Å². The smallest absolute Gasteiger partial charge is 0.172 e. The number of aliphatic hydroxyl groups is 1. The number of aryl methyl sites for hydroxylation is 1. The van der Waals surface area contributed by atoms with Crippen molar-refractivity contribution in [1.82, 2.24) is 29.5 Å². The molecule has 2 N–H and O–H groups in total. The van der Waals surface area contributed by atoms with Gasteiger partial charge in [-0.25, -0.2) is 14.6 Å². The molecule has 1 aliphatic carbocycles. The van der Waals surface area contributed by atoms with E-state index in [0.29, 0.717) is 18.7 Å². The van der Waals surface area contributed by atoms with E-state index in [1.165, 1.54) is 0 Å². The van der Waals surface area contributed by atoms with Crippen molar-refractivity contribution in [2.75, 3.05) is 0 Å². The zero-order chi connectivity index (χ0) is 26.4. The summed E-state index contributed by atoms with van der Waals surface area (Å²) in [6.07, 6.45) is 7.07. The molecule has 1 unspecified atom stereocenters. The Morgan fingerprint density at radius 3 is 2.62 bits per heavy atom. The van der Waals surface area contributed by atoms with Gasteiger partial charge in [0.15, 0.2) is 9.36 Å². The third-order valence-electron chi connectivity index (χ3n) is 6.71. The van der Waals surface area contributed by atoms with Crippen LogP contribution in [0.3, 0.4) is 0 Å². The summed E-state index contributed by atoms with van der Waals surface area (Å²) in [5.74, 6) is 0.794. The summed E-state index contributed by atoms with van der Waals surface area (Å²) in [5, 5.41) is 15.6. The third-order valence-corrected chi connectivity index (χ3v) is 10.4. The van der Waals surface area contributed by atoms with E-state index in [2.05, 4.69) is 55.4 Å². The van der Waals surface area contributed by atoms with E-state index < -0.39 is 19.7 Å². The van der Waals surface area contributed by atoms with Gasteiger partial charge in [-0.2, -0.15) is 5.10 Å². The maximum Gasteiger partial charge on any atom is 0.172 e. The van der Waals surface area contributed by atoms with Crippen LogP contribution in [0.15, 0.2) is 55.0 Å². The zero-order valence-electron chi connectivity index (χ0n) is 21.3. The average molecular weight is 631 g/mol. The molecule has 5 rings (SSSR count). The lowest BCUT2D eigenvalue weighted by molar-refractivity contribution is 0.0234. The number of hydrogen-bond acceptors (Lipinski definition) is 7. The minimum atomic E-state index is -1.30. The summed E-state index contributed by atoms with van der Waals surface area (Å²) in [7, 11) is 0. The third kappa shape index (κ3) is 5.26. The molecule has 1 fully saturated rings. The predicted octanol–water partition coefficient (Wildman–Crippen LogP) is 4.85. The molecule has 0 bridgehead atoms. The van der Waals surface area contributed by atoms with Crippen molar-refractivity contribution in [3.8, 4) is 17.1 Å². The molecule has 4 aromatic rings. The molecule has 2 atom stereocenters. The molecule has 0 amide bonds. The van der Waals surface area contributed by atoms with Gasteiger partial charge >= 0.3 is 0 Å². The molecule has 3 aromatic heterocycles. The van der Waals surface area contributed by atoms with Gasteiger partial charge in [0.05, 0.1) is 41.1 Å².